The predicted octanol–water partition coefficient (Wildman–Crippen LogP) is 2.15. The topological polar surface area (TPSA) is 33.2 Å². The number of rotatable bonds is 2. The highest BCUT2D eigenvalue weighted by molar-refractivity contribution is 7.11. The number of hydrogen-bond acceptors (Lipinski definition) is 4. The van der Waals surface area contributed by atoms with E-state index in [0.29, 0.717) is 10.9 Å². The van der Waals surface area contributed by atoms with Crippen molar-refractivity contribution in [2.75, 3.05) is 20.1 Å². The lowest BCUT2D eigenvalue weighted by atomic mass is 9.96. The molecule has 2 rings (SSSR count). The van der Waals surface area contributed by atoms with Gasteiger partial charge in [0.1, 0.15) is 0 Å². The molecular weight excluding hydrogens is 208 g/mol. The number of thiazole rings is 1. The number of Topliss-reactive ketones (excluding diaryl/α,β-unsaturated/α-hetero) is 1. The fourth-order valence-corrected chi connectivity index (χ4v) is 2.84. The molecule has 0 bridgehead atoms. The van der Waals surface area contributed by atoms with Crippen LogP contribution in [0.5, 0.6) is 0 Å². The van der Waals surface area contributed by atoms with Crippen LogP contribution in [0.15, 0.2) is 5.38 Å². The molecule has 0 N–H and O–H groups in total. The van der Waals surface area contributed by atoms with Crippen molar-refractivity contribution in [1.29, 1.82) is 0 Å². The highest BCUT2D eigenvalue weighted by Gasteiger charge is 2.21. The predicted molar refractivity (Wildman–Crippen MR) is 61.6 cm³/mol. The highest BCUT2D eigenvalue weighted by Crippen LogP contribution is 2.27. The van der Waals surface area contributed by atoms with Crippen LogP contribution in [0.3, 0.4) is 0 Å². The van der Waals surface area contributed by atoms with Gasteiger partial charge in [-0.25, -0.2) is 4.98 Å². The minimum absolute atomic E-state index is 0.0791. The Morgan fingerprint density at radius 3 is 3.07 bits per heavy atom. The van der Waals surface area contributed by atoms with Gasteiger partial charge in [0.15, 0.2) is 10.8 Å². The summed E-state index contributed by atoms with van der Waals surface area (Å²) in [5.41, 5.74) is 1.11. The molecule has 1 atom stereocenters. The second-order valence-electron chi connectivity index (χ2n) is 4.24. The van der Waals surface area contributed by atoms with E-state index in [-0.39, 0.29) is 5.78 Å². The third-order valence-electron chi connectivity index (χ3n) is 2.87. The van der Waals surface area contributed by atoms with Crippen molar-refractivity contribution in [1.82, 2.24) is 9.88 Å². The van der Waals surface area contributed by atoms with Gasteiger partial charge in [-0.15, -0.1) is 11.3 Å². The Kier molecular flexibility index (Phi) is 3.17. The Labute approximate surface area is 94.1 Å². The number of ketones is 1. The first-order chi connectivity index (χ1) is 7.16. The van der Waals surface area contributed by atoms with Crippen LogP contribution in [0.1, 0.15) is 41.2 Å². The summed E-state index contributed by atoms with van der Waals surface area (Å²) in [7, 11) is 2.14. The first-order valence-corrected chi connectivity index (χ1v) is 6.19. The molecule has 15 heavy (non-hydrogen) atoms. The van der Waals surface area contributed by atoms with Crippen LogP contribution < -0.4 is 0 Å². The number of hydrogen-bond donors (Lipinski definition) is 0. The number of likely N-dealkylation sites (N-methyl/N-ethyl adjacent to an activating group) is 1. The smallest absolute Gasteiger partial charge is 0.188 e. The summed E-state index contributed by atoms with van der Waals surface area (Å²) >= 11 is 1.47. The molecule has 1 fully saturated rings. The summed E-state index contributed by atoms with van der Waals surface area (Å²) < 4.78 is 0. The number of likely N-dealkylation sites (tertiary alicyclic amines) is 1. The van der Waals surface area contributed by atoms with Crippen LogP contribution in [0, 0.1) is 0 Å². The summed E-state index contributed by atoms with van der Waals surface area (Å²) in [6, 6.07) is 0. The lowest BCUT2D eigenvalue weighted by molar-refractivity contribution is 0.101. The molecule has 0 aliphatic carbocycles. The lowest BCUT2D eigenvalue weighted by Gasteiger charge is -2.28. The largest absolute Gasteiger partial charge is 0.306 e. The molecule has 0 saturated carbocycles. The maximum atomic E-state index is 11.1. The Bertz CT molecular complexity index is 361. The third-order valence-corrected chi connectivity index (χ3v) is 3.83. The number of aromatic nitrogens is 1. The van der Waals surface area contributed by atoms with E-state index in [1.54, 1.807) is 6.92 Å². The summed E-state index contributed by atoms with van der Waals surface area (Å²) in [6.45, 7) is 3.83. The molecule has 1 saturated heterocycles. The second-order valence-corrected chi connectivity index (χ2v) is 5.09. The quantitative estimate of drug-likeness (QED) is 0.722. The average Bonchev–Trinajstić information content (AvgIpc) is 2.66. The van der Waals surface area contributed by atoms with E-state index in [2.05, 4.69) is 16.9 Å². The molecule has 1 unspecified atom stereocenters. The van der Waals surface area contributed by atoms with Gasteiger partial charge in [0, 0.05) is 24.8 Å². The van der Waals surface area contributed by atoms with Crippen LogP contribution in [-0.4, -0.2) is 35.8 Å². The SMILES string of the molecule is CC(=O)c1nc(C2CCCN(C)C2)cs1. The van der Waals surface area contributed by atoms with E-state index in [4.69, 9.17) is 0 Å². The summed E-state index contributed by atoms with van der Waals surface area (Å²) in [5.74, 6) is 0.600. The van der Waals surface area contributed by atoms with Gasteiger partial charge < -0.3 is 4.90 Å². The van der Waals surface area contributed by atoms with Crippen LogP contribution in [0.25, 0.3) is 0 Å². The molecule has 3 nitrogen and oxygen atoms in total. The first kappa shape index (κ1) is 10.8. The third kappa shape index (κ3) is 2.44. The minimum atomic E-state index is 0.0791. The molecule has 1 aromatic rings. The molecule has 0 radical (unpaired) electrons. The van der Waals surface area contributed by atoms with Crippen molar-refractivity contribution < 1.29 is 4.79 Å². The lowest BCUT2D eigenvalue weighted by Crippen LogP contribution is -2.30. The molecule has 82 valence electrons. The van der Waals surface area contributed by atoms with Gasteiger partial charge >= 0.3 is 0 Å². The van der Waals surface area contributed by atoms with Gasteiger partial charge in [0.2, 0.25) is 0 Å². The fourth-order valence-electron chi connectivity index (χ4n) is 2.04. The molecule has 1 aliphatic rings. The molecule has 1 aliphatic heterocycles. The molecule has 0 aromatic carbocycles. The number of carbonyl (C=O) groups is 1. The monoisotopic (exact) mass is 224 g/mol. The number of carbonyl (C=O) groups excluding carboxylic acids is 1. The van der Waals surface area contributed by atoms with Crippen molar-refractivity contribution in [3.63, 3.8) is 0 Å². The zero-order valence-corrected chi connectivity index (χ0v) is 10.0. The van der Waals surface area contributed by atoms with E-state index in [1.165, 1.54) is 30.7 Å². The van der Waals surface area contributed by atoms with Crippen LogP contribution in [-0.2, 0) is 0 Å². The Hall–Kier alpha value is -0.740. The summed E-state index contributed by atoms with van der Waals surface area (Å²) in [6.07, 6.45) is 2.43. The Morgan fingerprint density at radius 1 is 1.67 bits per heavy atom. The minimum Gasteiger partial charge on any atom is -0.306 e. The highest BCUT2D eigenvalue weighted by atomic mass is 32.1. The first-order valence-electron chi connectivity index (χ1n) is 5.31. The van der Waals surface area contributed by atoms with Crippen LogP contribution >= 0.6 is 11.3 Å². The van der Waals surface area contributed by atoms with Crippen molar-refractivity contribution >= 4 is 17.1 Å². The molecule has 0 spiro atoms. The van der Waals surface area contributed by atoms with Crippen molar-refractivity contribution in [2.45, 2.75) is 25.7 Å². The van der Waals surface area contributed by atoms with E-state index in [0.717, 1.165) is 12.2 Å². The summed E-state index contributed by atoms with van der Waals surface area (Å²) in [5, 5.41) is 2.69. The van der Waals surface area contributed by atoms with Gasteiger partial charge in [-0.1, -0.05) is 0 Å². The van der Waals surface area contributed by atoms with Gasteiger partial charge in [0.05, 0.1) is 5.69 Å². The van der Waals surface area contributed by atoms with Gasteiger partial charge in [0.25, 0.3) is 0 Å². The van der Waals surface area contributed by atoms with E-state index in [1.807, 2.05) is 5.38 Å². The van der Waals surface area contributed by atoms with E-state index in [9.17, 15) is 4.79 Å². The van der Waals surface area contributed by atoms with Crippen molar-refractivity contribution in [3.05, 3.63) is 16.1 Å². The zero-order valence-electron chi connectivity index (χ0n) is 9.19. The fraction of sp³-hybridized carbons (Fsp3) is 0.636. The number of piperidine rings is 1. The van der Waals surface area contributed by atoms with Gasteiger partial charge in [-0.3, -0.25) is 4.79 Å². The van der Waals surface area contributed by atoms with E-state index >= 15 is 0 Å². The molecular formula is C11H16N2OS. The van der Waals surface area contributed by atoms with E-state index < -0.39 is 0 Å². The van der Waals surface area contributed by atoms with Crippen molar-refractivity contribution in [3.8, 4) is 0 Å². The normalized spacial score (nSPS) is 22.9. The Balaban J connectivity index is 2.11. The summed E-state index contributed by atoms with van der Waals surface area (Å²) in [4.78, 5) is 17.9. The van der Waals surface area contributed by atoms with Gasteiger partial charge in [-0.2, -0.15) is 0 Å². The van der Waals surface area contributed by atoms with Crippen molar-refractivity contribution in [2.24, 2.45) is 0 Å². The molecule has 4 heteroatoms. The number of nitrogens with zero attached hydrogens (tertiary/aromatic N) is 2. The van der Waals surface area contributed by atoms with Gasteiger partial charge in [-0.05, 0) is 26.4 Å². The maximum absolute atomic E-state index is 11.1. The molecule has 0 amide bonds. The van der Waals surface area contributed by atoms with Crippen LogP contribution in [0.4, 0.5) is 0 Å². The molecule has 2 heterocycles. The van der Waals surface area contributed by atoms with Crippen LogP contribution in [0.2, 0.25) is 0 Å². The average molecular weight is 224 g/mol. The standard InChI is InChI=1S/C11H16N2OS/c1-8(14)11-12-10(7-15-11)9-4-3-5-13(2)6-9/h7,9H,3-6H2,1-2H3. The molecule has 1 aromatic heterocycles. The zero-order chi connectivity index (χ0) is 10.8. The second kappa shape index (κ2) is 4.41. The maximum Gasteiger partial charge on any atom is 0.188 e. The Morgan fingerprint density at radius 2 is 2.47 bits per heavy atom.